The van der Waals surface area contributed by atoms with Gasteiger partial charge in [-0.1, -0.05) is 28.0 Å². The Balaban J connectivity index is 1.61. The van der Waals surface area contributed by atoms with E-state index in [1.54, 1.807) is 36.1 Å². The van der Waals surface area contributed by atoms with Gasteiger partial charge in [-0.15, -0.1) is 0 Å². The van der Waals surface area contributed by atoms with Crippen molar-refractivity contribution in [3.8, 4) is 5.75 Å². The number of hydrogen-bond acceptors (Lipinski definition) is 7. The summed E-state index contributed by atoms with van der Waals surface area (Å²) in [5.41, 5.74) is 2.00. The van der Waals surface area contributed by atoms with E-state index in [2.05, 4.69) is 20.3 Å². The van der Waals surface area contributed by atoms with Gasteiger partial charge in [0.2, 0.25) is 0 Å². The van der Waals surface area contributed by atoms with Crippen LogP contribution < -0.4 is 15.6 Å². The Bertz CT molecular complexity index is 1270. The third-order valence-corrected chi connectivity index (χ3v) is 5.80. The molecule has 172 valence electrons. The molecule has 3 heterocycles. The van der Waals surface area contributed by atoms with Gasteiger partial charge in [0.05, 0.1) is 13.7 Å². The van der Waals surface area contributed by atoms with E-state index in [-0.39, 0.29) is 35.9 Å². The van der Waals surface area contributed by atoms with Gasteiger partial charge in [-0.05, 0) is 25.1 Å². The van der Waals surface area contributed by atoms with Crippen molar-refractivity contribution in [1.29, 1.82) is 0 Å². The van der Waals surface area contributed by atoms with Gasteiger partial charge in [-0.3, -0.25) is 14.4 Å². The van der Waals surface area contributed by atoms with Crippen LogP contribution in [-0.4, -0.2) is 51.8 Å². The minimum Gasteiger partial charge on any atom is -0.496 e. The lowest BCUT2D eigenvalue weighted by molar-refractivity contribution is 0.0759. The summed E-state index contributed by atoms with van der Waals surface area (Å²) < 4.78 is 11.5. The topological polar surface area (TPSA) is 120 Å². The number of carbonyl (C=O) groups excluding carboxylic acids is 2. The van der Waals surface area contributed by atoms with Crippen LogP contribution in [0, 0.1) is 6.92 Å². The summed E-state index contributed by atoms with van der Waals surface area (Å²) in [6, 6.07) is 8.00. The number of ether oxygens (including phenoxy) is 1. The quantitative estimate of drug-likeness (QED) is 0.602. The summed E-state index contributed by atoms with van der Waals surface area (Å²) in [6.45, 7) is 2.71. The van der Waals surface area contributed by atoms with Crippen LogP contribution in [0.2, 0.25) is 5.02 Å². The second kappa shape index (κ2) is 9.45. The van der Waals surface area contributed by atoms with E-state index in [4.69, 9.17) is 16.3 Å². The highest BCUT2D eigenvalue weighted by Gasteiger charge is 2.27. The number of methoxy groups -OCH3 is 1. The van der Waals surface area contributed by atoms with E-state index in [0.717, 1.165) is 0 Å². The van der Waals surface area contributed by atoms with Crippen LogP contribution in [-0.2, 0) is 19.5 Å². The van der Waals surface area contributed by atoms with E-state index in [9.17, 15) is 14.4 Å². The number of carbonyl (C=O) groups is 2. The normalized spacial score (nSPS) is 13.2. The van der Waals surface area contributed by atoms with Crippen LogP contribution in [0.4, 0.5) is 0 Å². The number of rotatable bonds is 5. The van der Waals surface area contributed by atoms with Crippen molar-refractivity contribution in [2.45, 2.75) is 26.4 Å². The first-order valence-corrected chi connectivity index (χ1v) is 10.7. The molecule has 1 aliphatic rings. The number of nitrogens with one attached hydrogen (secondary N) is 1. The predicted octanol–water partition coefficient (Wildman–Crippen LogP) is 1.83. The Morgan fingerprint density at radius 3 is 2.73 bits per heavy atom. The maximum atomic E-state index is 13.1. The summed E-state index contributed by atoms with van der Waals surface area (Å²) >= 11 is 6.03. The van der Waals surface area contributed by atoms with Gasteiger partial charge in [0, 0.05) is 48.4 Å². The largest absolute Gasteiger partial charge is 0.496 e. The number of halogens is 1. The molecule has 33 heavy (non-hydrogen) atoms. The highest BCUT2D eigenvalue weighted by Crippen LogP contribution is 2.23. The molecule has 0 bridgehead atoms. The van der Waals surface area contributed by atoms with E-state index < -0.39 is 5.91 Å². The van der Waals surface area contributed by atoms with Crippen molar-refractivity contribution >= 4 is 23.4 Å². The predicted molar refractivity (Wildman–Crippen MR) is 119 cm³/mol. The van der Waals surface area contributed by atoms with Crippen molar-refractivity contribution in [3.05, 3.63) is 73.9 Å². The third kappa shape index (κ3) is 4.61. The summed E-state index contributed by atoms with van der Waals surface area (Å²) in [4.78, 5) is 40.5. The molecule has 0 spiro atoms. The molecule has 0 atom stereocenters. The molecule has 1 aliphatic heterocycles. The molecule has 0 aliphatic carbocycles. The summed E-state index contributed by atoms with van der Waals surface area (Å²) in [5.74, 6) is -0.439. The lowest BCUT2D eigenvalue weighted by atomic mass is 10.1. The van der Waals surface area contributed by atoms with Crippen LogP contribution in [0.5, 0.6) is 5.75 Å². The Labute approximate surface area is 194 Å². The minimum atomic E-state index is -0.424. The molecule has 3 aromatic rings. The molecule has 2 amide bonds. The van der Waals surface area contributed by atoms with Crippen molar-refractivity contribution in [2.24, 2.45) is 0 Å². The molecular weight excluding hydrogens is 450 g/mol. The first kappa shape index (κ1) is 22.5. The fourth-order valence-corrected chi connectivity index (χ4v) is 4.01. The second-order valence-electron chi connectivity index (χ2n) is 7.56. The molecule has 0 saturated heterocycles. The lowest BCUT2D eigenvalue weighted by Crippen LogP contribution is -2.34. The molecule has 10 nitrogen and oxygen atoms in total. The van der Waals surface area contributed by atoms with Crippen LogP contribution in [0.1, 0.15) is 37.8 Å². The molecular formula is C22H22ClN5O5. The number of benzene rings is 1. The van der Waals surface area contributed by atoms with Gasteiger partial charge in [0.1, 0.15) is 22.7 Å². The van der Waals surface area contributed by atoms with E-state index >= 15 is 0 Å². The lowest BCUT2D eigenvalue weighted by Gasteiger charge is -2.20. The van der Waals surface area contributed by atoms with Crippen molar-refractivity contribution in [2.75, 3.05) is 20.2 Å². The molecule has 4 rings (SSSR count). The monoisotopic (exact) mass is 471 g/mol. The van der Waals surface area contributed by atoms with Crippen molar-refractivity contribution in [3.63, 3.8) is 0 Å². The van der Waals surface area contributed by atoms with Gasteiger partial charge in [-0.25, -0.2) is 4.63 Å². The number of amides is 2. The van der Waals surface area contributed by atoms with E-state index in [1.165, 1.54) is 17.7 Å². The Hall–Kier alpha value is -3.66. The number of fused-ring (bicyclic) bond motifs is 1. The summed E-state index contributed by atoms with van der Waals surface area (Å²) in [5, 5.41) is 10.7. The summed E-state index contributed by atoms with van der Waals surface area (Å²) in [6.07, 6.45) is 0.298. The molecule has 1 N–H and O–H groups in total. The average molecular weight is 472 g/mol. The van der Waals surface area contributed by atoms with E-state index in [0.29, 0.717) is 47.2 Å². The van der Waals surface area contributed by atoms with Crippen LogP contribution >= 0.6 is 11.6 Å². The third-order valence-electron chi connectivity index (χ3n) is 5.56. The highest BCUT2D eigenvalue weighted by atomic mass is 35.5. The maximum absolute atomic E-state index is 13.1. The standard InChI is InChI=1S/C22H22ClN5O5/c1-13-16(26-33-25-13)12-24-21(30)20-17-6-7-27(22(31)14-4-3-5-15(23)10-14)8-9-28(17)19(29)11-18(20)32-2/h3-5,10-11H,6-9,12H2,1-2H3,(H,24,30). The fourth-order valence-electron chi connectivity index (χ4n) is 3.82. The first-order chi connectivity index (χ1) is 15.9. The van der Waals surface area contributed by atoms with Crippen molar-refractivity contribution < 1.29 is 19.0 Å². The zero-order valence-corrected chi connectivity index (χ0v) is 18.9. The van der Waals surface area contributed by atoms with Gasteiger partial charge >= 0.3 is 0 Å². The van der Waals surface area contributed by atoms with E-state index in [1.807, 2.05) is 0 Å². The minimum absolute atomic E-state index is 0.106. The maximum Gasteiger partial charge on any atom is 0.257 e. The molecule has 2 aromatic heterocycles. The van der Waals surface area contributed by atoms with Gasteiger partial charge in [0.25, 0.3) is 17.4 Å². The summed E-state index contributed by atoms with van der Waals surface area (Å²) in [7, 11) is 1.40. The van der Waals surface area contributed by atoms with Crippen LogP contribution in [0.25, 0.3) is 0 Å². The molecule has 0 unspecified atom stereocenters. The van der Waals surface area contributed by atoms with Crippen molar-refractivity contribution in [1.82, 2.24) is 25.1 Å². The highest BCUT2D eigenvalue weighted by molar-refractivity contribution is 6.30. The van der Waals surface area contributed by atoms with Gasteiger partial charge < -0.3 is 19.5 Å². The molecule has 1 aromatic carbocycles. The Morgan fingerprint density at radius 2 is 2.03 bits per heavy atom. The van der Waals surface area contributed by atoms with Gasteiger partial charge in [0.15, 0.2) is 0 Å². The van der Waals surface area contributed by atoms with Crippen LogP contribution in [0.15, 0.2) is 39.8 Å². The van der Waals surface area contributed by atoms with Gasteiger partial charge in [-0.2, -0.15) is 0 Å². The Kier molecular flexibility index (Phi) is 6.45. The fraction of sp³-hybridized carbons (Fsp3) is 0.318. The molecule has 0 fully saturated rings. The number of nitrogens with zero attached hydrogens (tertiary/aromatic N) is 4. The number of aromatic nitrogens is 3. The number of pyridine rings is 1. The molecule has 11 heteroatoms. The average Bonchev–Trinajstić information content (AvgIpc) is 3.08. The SMILES string of the molecule is COc1cc(=O)n2c(c1C(=O)NCc1nonc1C)CCN(C(=O)c1cccc(Cl)c1)CC2. The molecule has 0 saturated carbocycles. The number of hydrogen-bond donors (Lipinski definition) is 1. The Morgan fingerprint density at radius 1 is 1.21 bits per heavy atom. The second-order valence-corrected chi connectivity index (χ2v) is 7.99. The number of aryl methyl sites for hydroxylation is 1. The zero-order chi connectivity index (χ0) is 23.5. The van der Waals surface area contributed by atoms with Crippen LogP contribution in [0.3, 0.4) is 0 Å². The molecule has 0 radical (unpaired) electrons. The first-order valence-electron chi connectivity index (χ1n) is 10.3. The smallest absolute Gasteiger partial charge is 0.257 e. The zero-order valence-electron chi connectivity index (χ0n) is 18.1.